The number of hydrogen-bond donors (Lipinski definition) is 0. The van der Waals surface area contributed by atoms with Crippen molar-refractivity contribution in [1.29, 1.82) is 0 Å². The Morgan fingerprint density at radius 3 is 2.37 bits per heavy atom. The lowest BCUT2D eigenvalue weighted by Gasteiger charge is -2.15. The van der Waals surface area contributed by atoms with Crippen molar-refractivity contribution in [2.24, 2.45) is 0 Å². The molecule has 0 nitrogen and oxygen atoms in total. The molecule has 0 heterocycles. The third-order valence-corrected chi connectivity index (χ3v) is 4.06. The van der Waals surface area contributed by atoms with Gasteiger partial charge in [-0.25, -0.2) is 8.78 Å². The molecule has 19 heavy (non-hydrogen) atoms. The van der Waals surface area contributed by atoms with Crippen LogP contribution in [0.2, 0.25) is 5.02 Å². The molecule has 0 aliphatic rings. The second kappa shape index (κ2) is 6.49. The normalized spacial score (nSPS) is 12.4. The Morgan fingerprint density at radius 2 is 1.74 bits per heavy atom. The quantitative estimate of drug-likeness (QED) is 0.656. The molecule has 1 unspecified atom stereocenters. The summed E-state index contributed by atoms with van der Waals surface area (Å²) >= 11 is 9.27. The van der Waals surface area contributed by atoms with Gasteiger partial charge in [0.25, 0.3) is 0 Å². The van der Waals surface area contributed by atoms with E-state index in [1.54, 1.807) is 18.2 Å². The van der Waals surface area contributed by atoms with E-state index in [2.05, 4.69) is 15.9 Å². The molecule has 0 fully saturated rings. The van der Waals surface area contributed by atoms with E-state index in [0.717, 1.165) is 11.6 Å². The number of hydrogen-bond acceptors (Lipinski definition) is 0. The van der Waals surface area contributed by atoms with Crippen LogP contribution in [0, 0.1) is 11.6 Å². The monoisotopic (exact) mass is 344 g/mol. The molecule has 2 rings (SSSR count). The third kappa shape index (κ3) is 3.54. The van der Waals surface area contributed by atoms with E-state index in [0.29, 0.717) is 22.3 Å². The molecule has 0 spiro atoms. The van der Waals surface area contributed by atoms with Gasteiger partial charge in [0.2, 0.25) is 0 Å². The van der Waals surface area contributed by atoms with Crippen molar-refractivity contribution in [3.8, 4) is 0 Å². The number of rotatable bonds is 4. The van der Waals surface area contributed by atoms with Crippen molar-refractivity contribution in [3.05, 3.63) is 70.2 Å². The molecule has 0 saturated heterocycles. The van der Waals surface area contributed by atoms with E-state index in [1.807, 2.05) is 12.1 Å². The molecule has 0 saturated carbocycles. The maximum atomic E-state index is 13.7. The van der Waals surface area contributed by atoms with E-state index in [1.165, 1.54) is 6.07 Å². The highest BCUT2D eigenvalue weighted by Gasteiger charge is 2.15. The Hall–Kier alpha value is -0.930. The molecule has 0 aliphatic heterocycles. The van der Waals surface area contributed by atoms with Gasteiger partial charge in [-0.15, -0.1) is 0 Å². The molecule has 0 aromatic heterocycles. The molecule has 2 aromatic carbocycles. The molecular weight excluding hydrogens is 334 g/mol. The minimum atomic E-state index is -0.804. The highest BCUT2D eigenvalue weighted by atomic mass is 79.9. The van der Waals surface area contributed by atoms with E-state index >= 15 is 0 Å². The van der Waals surface area contributed by atoms with Crippen LogP contribution in [0.4, 0.5) is 8.78 Å². The fraction of sp³-hybridized carbons (Fsp3) is 0.200. The Balaban J connectivity index is 2.24. The van der Waals surface area contributed by atoms with Gasteiger partial charge >= 0.3 is 0 Å². The Labute approximate surface area is 124 Å². The SMILES string of the molecule is Fc1cccc(CC(CBr)c2ccc(Cl)cc2)c1F. The summed E-state index contributed by atoms with van der Waals surface area (Å²) in [5, 5.41) is 1.33. The molecule has 0 radical (unpaired) electrons. The fourth-order valence-electron chi connectivity index (χ4n) is 1.97. The smallest absolute Gasteiger partial charge is 0.162 e. The molecule has 0 aliphatic carbocycles. The highest BCUT2D eigenvalue weighted by molar-refractivity contribution is 9.09. The molecule has 0 N–H and O–H groups in total. The summed E-state index contributed by atoms with van der Waals surface area (Å²) in [5.41, 5.74) is 1.43. The first-order chi connectivity index (χ1) is 9.11. The van der Waals surface area contributed by atoms with Crippen LogP contribution in [-0.2, 0) is 6.42 Å². The van der Waals surface area contributed by atoms with Crippen LogP contribution in [0.1, 0.15) is 17.0 Å². The Kier molecular flexibility index (Phi) is 4.94. The van der Waals surface area contributed by atoms with E-state index in [-0.39, 0.29) is 5.92 Å². The zero-order valence-electron chi connectivity index (χ0n) is 10.0. The second-order valence-corrected chi connectivity index (χ2v) is 5.40. The van der Waals surface area contributed by atoms with E-state index < -0.39 is 11.6 Å². The second-order valence-electron chi connectivity index (χ2n) is 4.32. The van der Waals surface area contributed by atoms with Gasteiger partial charge in [0, 0.05) is 10.4 Å². The van der Waals surface area contributed by atoms with Crippen LogP contribution in [-0.4, -0.2) is 5.33 Å². The zero-order valence-corrected chi connectivity index (χ0v) is 12.4. The van der Waals surface area contributed by atoms with Crippen LogP contribution < -0.4 is 0 Å². The lowest BCUT2D eigenvalue weighted by Crippen LogP contribution is -2.06. The van der Waals surface area contributed by atoms with Crippen molar-refractivity contribution in [3.63, 3.8) is 0 Å². The highest BCUT2D eigenvalue weighted by Crippen LogP contribution is 2.26. The largest absolute Gasteiger partial charge is 0.204 e. The van der Waals surface area contributed by atoms with Gasteiger partial charge in [0.1, 0.15) is 0 Å². The average Bonchev–Trinajstić information content (AvgIpc) is 2.42. The first-order valence-electron chi connectivity index (χ1n) is 5.86. The van der Waals surface area contributed by atoms with Gasteiger partial charge in [-0.05, 0) is 41.7 Å². The first kappa shape index (κ1) is 14.5. The van der Waals surface area contributed by atoms with Crippen LogP contribution in [0.3, 0.4) is 0 Å². The van der Waals surface area contributed by atoms with E-state index in [4.69, 9.17) is 11.6 Å². The van der Waals surface area contributed by atoms with Gasteiger partial charge in [-0.1, -0.05) is 51.8 Å². The number of alkyl halides is 1. The summed E-state index contributed by atoms with van der Waals surface area (Å²) < 4.78 is 26.9. The topological polar surface area (TPSA) is 0 Å². The summed E-state index contributed by atoms with van der Waals surface area (Å²) in [7, 11) is 0. The number of halogens is 4. The number of benzene rings is 2. The van der Waals surface area contributed by atoms with Crippen LogP contribution in [0.5, 0.6) is 0 Å². The minimum Gasteiger partial charge on any atom is -0.204 e. The summed E-state index contributed by atoms with van der Waals surface area (Å²) in [6, 6.07) is 11.7. The van der Waals surface area contributed by atoms with Gasteiger partial charge in [0.15, 0.2) is 11.6 Å². The molecule has 1 atom stereocenters. The van der Waals surface area contributed by atoms with Gasteiger partial charge in [-0.2, -0.15) is 0 Å². The maximum absolute atomic E-state index is 13.7. The molecule has 2 aromatic rings. The summed E-state index contributed by atoms with van der Waals surface area (Å²) in [6.07, 6.45) is 0.441. The molecular formula is C15H12BrClF2. The van der Waals surface area contributed by atoms with E-state index in [9.17, 15) is 8.78 Å². The molecule has 4 heteroatoms. The van der Waals surface area contributed by atoms with Gasteiger partial charge in [0.05, 0.1) is 0 Å². The summed E-state index contributed by atoms with van der Waals surface area (Å²) in [6.45, 7) is 0. The van der Waals surface area contributed by atoms with Crippen molar-refractivity contribution in [2.75, 3.05) is 5.33 Å². The van der Waals surface area contributed by atoms with Crippen molar-refractivity contribution in [1.82, 2.24) is 0 Å². The van der Waals surface area contributed by atoms with Crippen LogP contribution in [0.25, 0.3) is 0 Å². The summed E-state index contributed by atoms with van der Waals surface area (Å²) in [5.74, 6) is -1.49. The molecule has 0 amide bonds. The zero-order chi connectivity index (χ0) is 13.8. The predicted octanol–water partition coefficient (Wildman–Crippen LogP) is 5.34. The van der Waals surface area contributed by atoms with Crippen molar-refractivity contribution < 1.29 is 8.78 Å². The Morgan fingerprint density at radius 1 is 1.05 bits per heavy atom. The summed E-state index contributed by atoms with van der Waals surface area (Å²) in [4.78, 5) is 0. The maximum Gasteiger partial charge on any atom is 0.162 e. The van der Waals surface area contributed by atoms with Gasteiger partial charge < -0.3 is 0 Å². The fourth-order valence-corrected chi connectivity index (χ4v) is 2.70. The van der Waals surface area contributed by atoms with Crippen LogP contribution in [0.15, 0.2) is 42.5 Å². The lowest BCUT2D eigenvalue weighted by atomic mass is 9.93. The molecule has 100 valence electrons. The van der Waals surface area contributed by atoms with Crippen LogP contribution >= 0.6 is 27.5 Å². The van der Waals surface area contributed by atoms with Crippen molar-refractivity contribution in [2.45, 2.75) is 12.3 Å². The predicted molar refractivity (Wildman–Crippen MR) is 78.0 cm³/mol. The lowest BCUT2D eigenvalue weighted by molar-refractivity contribution is 0.495. The standard InChI is InChI=1S/C15H12BrClF2/c16-9-12(10-4-6-13(17)7-5-10)8-11-2-1-3-14(18)15(11)19/h1-7,12H,8-9H2. The average molecular weight is 346 g/mol. The van der Waals surface area contributed by atoms with Crippen molar-refractivity contribution >= 4 is 27.5 Å². The molecule has 0 bridgehead atoms. The Bertz CT molecular complexity index is 555. The first-order valence-corrected chi connectivity index (χ1v) is 7.36. The third-order valence-electron chi connectivity index (χ3n) is 3.03. The van der Waals surface area contributed by atoms with Gasteiger partial charge in [-0.3, -0.25) is 0 Å². The minimum absolute atomic E-state index is 0.0774.